The average Bonchev–Trinajstić information content (AvgIpc) is 3.13. The number of aromatic nitrogens is 2. The summed E-state index contributed by atoms with van der Waals surface area (Å²) in [5, 5.41) is 4.87. The van der Waals surface area contributed by atoms with Gasteiger partial charge in [0.25, 0.3) is 0 Å². The number of carbonyl (C=O) groups excluding carboxylic acids is 1. The highest BCUT2D eigenvalue weighted by Gasteiger charge is 2.18. The van der Waals surface area contributed by atoms with Crippen molar-refractivity contribution in [2.45, 2.75) is 19.5 Å². The number of anilines is 1. The number of aryl methyl sites for hydroxylation is 1. The second-order valence-electron chi connectivity index (χ2n) is 7.52. The highest BCUT2D eigenvalue weighted by Crippen LogP contribution is 2.21. The minimum Gasteiger partial charge on any atom is -0.354 e. The third-order valence-electron chi connectivity index (χ3n) is 5.46. The molecule has 152 valence electrons. The zero-order valence-electron chi connectivity index (χ0n) is 16.6. The van der Waals surface area contributed by atoms with Gasteiger partial charge in [-0.2, -0.15) is 0 Å². The zero-order valence-corrected chi connectivity index (χ0v) is 17.4. The maximum atomic E-state index is 12.4. The summed E-state index contributed by atoms with van der Waals surface area (Å²) >= 11 is 6.05. The molecule has 0 radical (unpaired) electrons. The number of halogens is 1. The van der Waals surface area contributed by atoms with Crippen molar-refractivity contribution < 1.29 is 4.79 Å². The number of likely N-dealkylation sites (N-methyl/N-ethyl adjacent to an activating group) is 1. The van der Waals surface area contributed by atoms with Gasteiger partial charge in [0.2, 0.25) is 5.91 Å². The van der Waals surface area contributed by atoms with Crippen LogP contribution in [0.4, 0.5) is 5.82 Å². The Morgan fingerprint density at radius 2 is 2.00 bits per heavy atom. The molecule has 0 spiro atoms. The Labute approximate surface area is 176 Å². The van der Waals surface area contributed by atoms with E-state index in [1.54, 1.807) is 0 Å². The first-order valence-corrected chi connectivity index (χ1v) is 10.4. The smallest absolute Gasteiger partial charge is 0.222 e. The van der Waals surface area contributed by atoms with Crippen LogP contribution < -0.4 is 10.2 Å². The van der Waals surface area contributed by atoms with Gasteiger partial charge in [-0.25, -0.2) is 4.98 Å². The van der Waals surface area contributed by atoms with E-state index in [0.29, 0.717) is 19.5 Å². The van der Waals surface area contributed by atoms with Crippen LogP contribution in [0.25, 0.3) is 10.9 Å². The van der Waals surface area contributed by atoms with E-state index in [-0.39, 0.29) is 5.91 Å². The number of hydrogen-bond donors (Lipinski definition) is 1. The van der Waals surface area contributed by atoms with Gasteiger partial charge >= 0.3 is 0 Å². The van der Waals surface area contributed by atoms with Crippen molar-refractivity contribution in [3.05, 3.63) is 59.4 Å². The number of nitrogens with zero attached hydrogens (tertiary/aromatic N) is 4. The van der Waals surface area contributed by atoms with Crippen molar-refractivity contribution in [3.8, 4) is 0 Å². The van der Waals surface area contributed by atoms with Crippen LogP contribution >= 0.6 is 11.6 Å². The Morgan fingerprint density at radius 3 is 2.83 bits per heavy atom. The summed E-state index contributed by atoms with van der Waals surface area (Å²) in [6, 6.07) is 11.8. The van der Waals surface area contributed by atoms with E-state index in [1.807, 2.05) is 48.8 Å². The molecule has 6 nitrogen and oxygen atoms in total. The molecule has 0 saturated carbocycles. The summed E-state index contributed by atoms with van der Waals surface area (Å²) in [5.41, 5.74) is 2.15. The minimum absolute atomic E-state index is 0.0361. The number of fused-ring (bicyclic) bond motifs is 1. The predicted molar refractivity (Wildman–Crippen MR) is 117 cm³/mol. The van der Waals surface area contributed by atoms with Crippen molar-refractivity contribution in [2.24, 2.45) is 0 Å². The number of hydrogen-bond acceptors (Lipinski definition) is 4. The molecule has 4 rings (SSSR count). The molecule has 3 heterocycles. The Morgan fingerprint density at radius 1 is 1.17 bits per heavy atom. The van der Waals surface area contributed by atoms with Crippen molar-refractivity contribution in [1.29, 1.82) is 0 Å². The lowest BCUT2D eigenvalue weighted by Gasteiger charge is -2.34. The van der Waals surface area contributed by atoms with E-state index >= 15 is 0 Å². The summed E-state index contributed by atoms with van der Waals surface area (Å²) < 4.78 is 2.09. The topological polar surface area (TPSA) is 53.4 Å². The van der Waals surface area contributed by atoms with E-state index < -0.39 is 0 Å². The molecule has 1 aromatic carbocycles. The van der Waals surface area contributed by atoms with Gasteiger partial charge in [0.1, 0.15) is 5.82 Å². The van der Waals surface area contributed by atoms with Crippen LogP contribution in [-0.2, 0) is 17.9 Å². The number of benzene rings is 1. The molecular formula is C22H26ClN5O. The van der Waals surface area contributed by atoms with Crippen LogP contribution in [0, 0.1) is 0 Å². The van der Waals surface area contributed by atoms with Crippen molar-refractivity contribution in [2.75, 3.05) is 38.1 Å². The van der Waals surface area contributed by atoms with Crippen LogP contribution in [0.5, 0.6) is 0 Å². The number of pyridine rings is 1. The quantitative estimate of drug-likeness (QED) is 0.677. The van der Waals surface area contributed by atoms with E-state index in [9.17, 15) is 4.79 Å². The van der Waals surface area contributed by atoms with Gasteiger partial charge in [-0.1, -0.05) is 17.7 Å². The van der Waals surface area contributed by atoms with Gasteiger partial charge in [0.05, 0.1) is 0 Å². The van der Waals surface area contributed by atoms with E-state index in [2.05, 4.69) is 31.7 Å². The van der Waals surface area contributed by atoms with E-state index in [0.717, 1.165) is 53.5 Å². The molecule has 3 aromatic rings. The molecule has 1 fully saturated rings. The summed E-state index contributed by atoms with van der Waals surface area (Å²) in [7, 11) is 2.14. The molecule has 0 atom stereocenters. The molecule has 1 saturated heterocycles. The molecular weight excluding hydrogens is 386 g/mol. The molecule has 1 aliphatic heterocycles. The Balaban J connectivity index is 1.34. The third-order valence-corrected chi connectivity index (χ3v) is 5.69. The average molecular weight is 412 g/mol. The van der Waals surface area contributed by atoms with Crippen LogP contribution in [0.3, 0.4) is 0 Å². The van der Waals surface area contributed by atoms with Gasteiger partial charge in [0.15, 0.2) is 0 Å². The second kappa shape index (κ2) is 8.84. The maximum Gasteiger partial charge on any atom is 0.222 e. The first kappa shape index (κ1) is 19.7. The molecule has 2 aromatic heterocycles. The molecule has 1 amide bonds. The standard InChI is InChI=1S/C22H26ClN5O/c1-26-11-13-28(14-12-26)22-18(3-2-8-24-22)16-25-21(29)7-10-27-9-6-17-15-19(23)4-5-20(17)27/h2-6,8-9,15H,7,10-14,16H2,1H3,(H,25,29). The number of carbonyl (C=O) groups is 1. The molecule has 1 N–H and O–H groups in total. The fourth-order valence-corrected chi connectivity index (χ4v) is 3.92. The van der Waals surface area contributed by atoms with Crippen LogP contribution in [0.2, 0.25) is 5.02 Å². The predicted octanol–water partition coefficient (Wildman–Crippen LogP) is 3.15. The first-order chi connectivity index (χ1) is 14.1. The Kier molecular flexibility index (Phi) is 6.02. The number of rotatable bonds is 6. The summed E-state index contributed by atoms with van der Waals surface area (Å²) in [6.45, 7) is 5.10. The lowest BCUT2D eigenvalue weighted by atomic mass is 10.2. The SMILES string of the molecule is CN1CCN(c2ncccc2CNC(=O)CCn2ccc3cc(Cl)ccc32)CC1. The van der Waals surface area contributed by atoms with Gasteiger partial charge < -0.3 is 19.7 Å². The van der Waals surface area contributed by atoms with Gasteiger partial charge in [0, 0.05) is 79.6 Å². The maximum absolute atomic E-state index is 12.4. The fraction of sp³-hybridized carbons (Fsp3) is 0.364. The highest BCUT2D eigenvalue weighted by atomic mass is 35.5. The lowest BCUT2D eigenvalue weighted by molar-refractivity contribution is -0.121. The van der Waals surface area contributed by atoms with Crippen LogP contribution in [0.1, 0.15) is 12.0 Å². The van der Waals surface area contributed by atoms with Crippen molar-refractivity contribution in [3.63, 3.8) is 0 Å². The zero-order chi connectivity index (χ0) is 20.2. The monoisotopic (exact) mass is 411 g/mol. The molecule has 0 unspecified atom stereocenters. The van der Waals surface area contributed by atoms with Crippen molar-refractivity contribution in [1.82, 2.24) is 19.8 Å². The van der Waals surface area contributed by atoms with E-state index in [4.69, 9.17) is 11.6 Å². The molecule has 0 aliphatic carbocycles. The van der Waals surface area contributed by atoms with E-state index in [1.165, 1.54) is 0 Å². The summed E-state index contributed by atoms with van der Waals surface area (Å²) in [4.78, 5) is 21.6. The highest BCUT2D eigenvalue weighted by molar-refractivity contribution is 6.31. The molecule has 0 bridgehead atoms. The third kappa shape index (κ3) is 4.71. The van der Waals surface area contributed by atoms with Gasteiger partial charge in [-0.3, -0.25) is 4.79 Å². The molecule has 29 heavy (non-hydrogen) atoms. The number of piperazine rings is 1. The van der Waals surface area contributed by atoms with Crippen molar-refractivity contribution >= 4 is 34.2 Å². The fourth-order valence-electron chi connectivity index (χ4n) is 3.74. The van der Waals surface area contributed by atoms with Gasteiger partial charge in [-0.05, 0) is 37.4 Å². The largest absolute Gasteiger partial charge is 0.354 e. The first-order valence-electron chi connectivity index (χ1n) is 9.98. The number of amides is 1. The lowest BCUT2D eigenvalue weighted by Crippen LogP contribution is -2.45. The minimum atomic E-state index is 0.0361. The van der Waals surface area contributed by atoms with Crippen LogP contribution in [0.15, 0.2) is 48.8 Å². The van der Waals surface area contributed by atoms with Crippen LogP contribution in [-0.4, -0.2) is 53.6 Å². The molecule has 7 heteroatoms. The normalized spacial score (nSPS) is 15.0. The summed E-state index contributed by atoms with van der Waals surface area (Å²) in [5.74, 6) is 1.02. The van der Waals surface area contributed by atoms with Gasteiger partial charge in [-0.15, -0.1) is 0 Å². The second-order valence-corrected chi connectivity index (χ2v) is 7.95. The number of nitrogens with one attached hydrogen (secondary N) is 1. The summed E-state index contributed by atoms with van der Waals surface area (Å²) in [6.07, 6.45) is 4.25. The molecule has 1 aliphatic rings. The Hall–Kier alpha value is -2.57. The Bertz CT molecular complexity index is 994.